The molecule has 0 amide bonds. The highest BCUT2D eigenvalue weighted by Crippen LogP contribution is 2.32. The van der Waals surface area contributed by atoms with Crippen molar-refractivity contribution in [1.82, 2.24) is 4.90 Å². The fourth-order valence-electron chi connectivity index (χ4n) is 2.32. The van der Waals surface area contributed by atoms with Crippen molar-refractivity contribution < 1.29 is 4.74 Å². The molecule has 0 saturated carbocycles. The molecule has 0 aromatic heterocycles. The molecule has 2 heterocycles. The van der Waals surface area contributed by atoms with Crippen LogP contribution in [0.5, 0.6) is 0 Å². The van der Waals surface area contributed by atoms with Gasteiger partial charge in [0.2, 0.25) is 0 Å². The van der Waals surface area contributed by atoms with Crippen LogP contribution in [0.4, 0.5) is 0 Å². The third kappa shape index (κ3) is 1.78. The molecule has 0 bridgehead atoms. The van der Waals surface area contributed by atoms with E-state index in [4.69, 9.17) is 22.7 Å². The highest BCUT2D eigenvalue weighted by Gasteiger charge is 2.39. The van der Waals surface area contributed by atoms with Crippen molar-refractivity contribution in [2.45, 2.75) is 25.8 Å². The summed E-state index contributed by atoms with van der Waals surface area (Å²) in [5.74, 6) is 0. The third-order valence-corrected chi connectivity index (χ3v) is 4.01. The monoisotopic (exact) mass is 214 g/mol. The molecule has 2 atom stereocenters. The molecule has 14 heavy (non-hydrogen) atoms. The number of likely N-dealkylation sites (tertiary alicyclic amines) is 1. The van der Waals surface area contributed by atoms with E-state index < -0.39 is 0 Å². The average Bonchev–Trinajstić information content (AvgIpc) is 2.72. The minimum absolute atomic E-state index is 0.0535. The maximum atomic E-state index is 5.77. The molecule has 0 aromatic rings. The average molecular weight is 214 g/mol. The molecule has 80 valence electrons. The molecule has 2 aliphatic rings. The molecule has 2 fully saturated rings. The molecule has 2 rings (SSSR count). The molecular formula is C10H18N2OS. The molecular weight excluding hydrogens is 196 g/mol. The van der Waals surface area contributed by atoms with Gasteiger partial charge in [0.1, 0.15) is 0 Å². The van der Waals surface area contributed by atoms with Crippen LogP contribution in [0.25, 0.3) is 0 Å². The number of nitrogens with two attached hydrogens (primary N) is 1. The van der Waals surface area contributed by atoms with Crippen molar-refractivity contribution in [1.29, 1.82) is 0 Å². The number of ether oxygens (including phenoxy) is 1. The van der Waals surface area contributed by atoms with E-state index in [1.165, 1.54) is 0 Å². The van der Waals surface area contributed by atoms with Crippen molar-refractivity contribution in [2.75, 3.05) is 26.3 Å². The van der Waals surface area contributed by atoms with Crippen molar-refractivity contribution in [3.05, 3.63) is 0 Å². The second kappa shape index (κ2) is 3.76. The van der Waals surface area contributed by atoms with Gasteiger partial charge in [-0.1, -0.05) is 19.1 Å². The largest absolute Gasteiger partial charge is 0.393 e. The molecule has 2 unspecified atom stereocenters. The molecule has 2 aliphatic heterocycles. The zero-order valence-corrected chi connectivity index (χ0v) is 9.48. The number of nitrogens with zero attached hydrogens (tertiary/aromatic N) is 1. The Morgan fingerprint density at radius 1 is 1.64 bits per heavy atom. The van der Waals surface area contributed by atoms with Crippen LogP contribution in [0.1, 0.15) is 19.8 Å². The predicted molar refractivity (Wildman–Crippen MR) is 60.3 cm³/mol. The number of hydrogen-bond donors (Lipinski definition) is 1. The van der Waals surface area contributed by atoms with Gasteiger partial charge in [0.05, 0.1) is 11.6 Å². The molecule has 2 N–H and O–H groups in total. The van der Waals surface area contributed by atoms with E-state index in [2.05, 4.69) is 11.8 Å². The van der Waals surface area contributed by atoms with Crippen molar-refractivity contribution >= 4 is 17.2 Å². The van der Waals surface area contributed by atoms with Crippen molar-refractivity contribution in [3.8, 4) is 0 Å². The summed E-state index contributed by atoms with van der Waals surface area (Å²) in [6.07, 6.45) is 2.26. The SMILES string of the molecule is CC1(C(N)=S)CCN(C2CCOC2)C1. The lowest BCUT2D eigenvalue weighted by molar-refractivity contribution is 0.155. The zero-order chi connectivity index (χ0) is 10.2. The summed E-state index contributed by atoms with van der Waals surface area (Å²) in [4.78, 5) is 3.14. The summed E-state index contributed by atoms with van der Waals surface area (Å²) in [6.45, 7) is 6.09. The van der Waals surface area contributed by atoms with Gasteiger partial charge in [0.25, 0.3) is 0 Å². The molecule has 0 spiro atoms. The van der Waals surface area contributed by atoms with E-state index in [0.717, 1.165) is 39.1 Å². The second-order valence-electron chi connectivity index (χ2n) is 4.66. The maximum Gasteiger partial charge on any atom is 0.0800 e. The topological polar surface area (TPSA) is 38.5 Å². The summed E-state index contributed by atoms with van der Waals surface area (Å²) >= 11 is 5.12. The van der Waals surface area contributed by atoms with E-state index in [0.29, 0.717) is 11.0 Å². The predicted octanol–water partition coefficient (Wildman–Crippen LogP) is 0.773. The summed E-state index contributed by atoms with van der Waals surface area (Å²) in [5, 5.41) is 0. The Kier molecular flexibility index (Phi) is 2.77. The Bertz CT molecular complexity index is 240. The van der Waals surface area contributed by atoms with Gasteiger partial charge in [-0.25, -0.2) is 0 Å². The lowest BCUT2D eigenvalue weighted by Gasteiger charge is -2.26. The van der Waals surface area contributed by atoms with Crippen LogP contribution in [-0.2, 0) is 4.74 Å². The minimum atomic E-state index is 0.0535. The number of hydrogen-bond acceptors (Lipinski definition) is 3. The van der Waals surface area contributed by atoms with Gasteiger partial charge < -0.3 is 10.5 Å². The van der Waals surface area contributed by atoms with Crippen LogP contribution < -0.4 is 5.73 Å². The van der Waals surface area contributed by atoms with Crippen LogP contribution in [0, 0.1) is 5.41 Å². The first-order chi connectivity index (χ1) is 6.62. The Hall–Kier alpha value is -0.190. The fourth-order valence-corrected chi connectivity index (χ4v) is 2.49. The summed E-state index contributed by atoms with van der Waals surface area (Å²) in [6, 6.07) is 0.603. The molecule has 0 aromatic carbocycles. The minimum Gasteiger partial charge on any atom is -0.393 e. The van der Waals surface area contributed by atoms with Crippen LogP contribution in [0.3, 0.4) is 0 Å². The Balaban J connectivity index is 1.96. The molecule has 3 nitrogen and oxygen atoms in total. The van der Waals surface area contributed by atoms with E-state index in [1.54, 1.807) is 0 Å². The van der Waals surface area contributed by atoms with Crippen LogP contribution >= 0.6 is 12.2 Å². The van der Waals surface area contributed by atoms with E-state index in [-0.39, 0.29) is 5.41 Å². The second-order valence-corrected chi connectivity index (χ2v) is 5.10. The standard InChI is InChI=1S/C10H18N2OS/c1-10(9(11)14)3-4-12(7-10)8-2-5-13-6-8/h8H,2-7H2,1H3,(H2,11,14). The first-order valence-electron chi connectivity index (χ1n) is 5.23. The first-order valence-corrected chi connectivity index (χ1v) is 5.64. The van der Waals surface area contributed by atoms with Gasteiger partial charge in [-0.3, -0.25) is 4.90 Å². The smallest absolute Gasteiger partial charge is 0.0800 e. The number of thiocarbonyl (C=S) groups is 1. The van der Waals surface area contributed by atoms with Gasteiger partial charge in [-0.15, -0.1) is 0 Å². The van der Waals surface area contributed by atoms with Crippen LogP contribution in [-0.4, -0.2) is 42.2 Å². The third-order valence-electron chi connectivity index (χ3n) is 3.52. The lowest BCUT2D eigenvalue weighted by Crippen LogP contribution is -2.39. The van der Waals surface area contributed by atoms with E-state index >= 15 is 0 Å². The maximum absolute atomic E-state index is 5.77. The summed E-state index contributed by atoms with van der Waals surface area (Å²) in [7, 11) is 0. The fraction of sp³-hybridized carbons (Fsp3) is 0.900. The Labute approximate surface area is 90.6 Å². The first kappa shape index (κ1) is 10.3. The normalized spacial score (nSPS) is 39.1. The van der Waals surface area contributed by atoms with Crippen molar-refractivity contribution in [3.63, 3.8) is 0 Å². The van der Waals surface area contributed by atoms with E-state index in [9.17, 15) is 0 Å². The zero-order valence-electron chi connectivity index (χ0n) is 8.66. The Morgan fingerprint density at radius 3 is 2.93 bits per heavy atom. The molecule has 4 heteroatoms. The van der Waals surface area contributed by atoms with Gasteiger partial charge in [0, 0.05) is 24.6 Å². The molecule has 0 aliphatic carbocycles. The summed E-state index contributed by atoms with van der Waals surface area (Å²) in [5.41, 5.74) is 5.82. The van der Waals surface area contributed by atoms with Gasteiger partial charge in [0.15, 0.2) is 0 Å². The highest BCUT2D eigenvalue weighted by atomic mass is 32.1. The Morgan fingerprint density at radius 2 is 2.43 bits per heavy atom. The van der Waals surface area contributed by atoms with Gasteiger partial charge in [-0.2, -0.15) is 0 Å². The van der Waals surface area contributed by atoms with Gasteiger partial charge in [-0.05, 0) is 19.4 Å². The quantitative estimate of drug-likeness (QED) is 0.689. The van der Waals surface area contributed by atoms with E-state index in [1.807, 2.05) is 0 Å². The highest BCUT2D eigenvalue weighted by molar-refractivity contribution is 7.80. The molecule has 0 radical (unpaired) electrons. The molecule has 2 saturated heterocycles. The number of rotatable bonds is 2. The summed E-state index contributed by atoms with van der Waals surface area (Å²) < 4.78 is 5.39. The van der Waals surface area contributed by atoms with Crippen LogP contribution in [0.2, 0.25) is 0 Å². The van der Waals surface area contributed by atoms with Gasteiger partial charge >= 0.3 is 0 Å². The van der Waals surface area contributed by atoms with Crippen LogP contribution in [0.15, 0.2) is 0 Å². The lowest BCUT2D eigenvalue weighted by atomic mass is 9.90. The van der Waals surface area contributed by atoms with Crippen molar-refractivity contribution in [2.24, 2.45) is 11.1 Å².